The zero-order valence-electron chi connectivity index (χ0n) is 14.7. The molecule has 1 unspecified atom stereocenters. The molecular formula is C20H19NO5S. The number of fused-ring (bicyclic) bond motifs is 1. The highest BCUT2D eigenvalue weighted by Crippen LogP contribution is 2.38. The van der Waals surface area contributed by atoms with Crippen LogP contribution in [0.15, 0.2) is 71.3 Å². The first-order valence-corrected chi connectivity index (χ1v) is 9.55. The van der Waals surface area contributed by atoms with Gasteiger partial charge in [0.2, 0.25) is 0 Å². The molecule has 0 radical (unpaired) electrons. The van der Waals surface area contributed by atoms with E-state index >= 15 is 0 Å². The molecule has 27 heavy (non-hydrogen) atoms. The molecule has 2 aliphatic heterocycles. The lowest BCUT2D eigenvalue weighted by atomic mass is 10.1. The molecule has 0 saturated carbocycles. The van der Waals surface area contributed by atoms with Crippen molar-refractivity contribution in [1.82, 2.24) is 0 Å². The summed E-state index contributed by atoms with van der Waals surface area (Å²) in [5.41, 5.74) is 1.55. The Balaban J connectivity index is 1.54. The standard InChI is InChI=1S/C20H19NO5S/c1-13-7-9-15(10-8-13)27-18-11-16(21(22)23)19-17(25-18)12-24-20(26-19)14-5-3-2-4-6-14/h2-11,17-20H,12H2,1H3/t17-,18+,19+,20?/m1/s1. The summed E-state index contributed by atoms with van der Waals surface area (Å²) in [6.45, 7) is 2.25. The van der Waals surface area contributed by atoms with E-state index in [0.29, 0.717) is 0 Å². The summed E-state index contributed by atoms with van der Waals surface area (Å²) in [4.78, 5) is 12.3. The van der Waals surface area contributed by atoms with Gasteiger partial charge in [0.25, 0.3) is 5.70 Å². The maximum atomic E-state index is 11.6. The Morgan fingerprint density at radius 3 is 2.52 bits per heavy atom. The lowest BCUT2D eigenvalue weighted by Crippen LogP contribution is -2.48. The first-order valence-electron chi connectivity index (χ1n) is 8.67. The highest BCUT2D eigenvalue weighted by atomic mass is 32.2. The van der Waals surface area contributed by atoms with Crippen molar-refractivity contribution in [2.75, 3.05) is 6.61 Å². The second-order valence-corrected chi connectivity index (χ2v) is 7.63. The van der Waals surface area contributed by atoms with Gasteiger partial charge < -0.3 is 14.2 Å². The van der Waals surface area contributed by atoms with Crippen molar-refractivity contribution in [2.45, 2.75) is 35.8 Å². The van der Waals surface area contributed by atoms with Gasteiger partial charge in [-0.2, -0.15) is 0 Å². The minimum absolute atomic E-state index is 0.0279. The van der Waals surface area contributed by atoms with Crippen LogP contribution in [0.1, 0.15) is 17.4 Å². The third-order valence-corrected chi connectivity index (χ3v) is 5.51. The van der Waals surface area contributed by atoms with E-state index in [2.05, 4.69) is 0 Å². The Bertz CT molecular complexity index is 839. The molecule has 0 aromatic heterocycles. The Morgan fingerprint density at radius 1 is 1.07 bits per heavy atom. The zero-order valence-corrected chi connectivity index (χ0v) is 15.5. The van der Waals surface area contributed by atoms with Crippen LogP contribution in [0.5, 0.6) is 0 Å². The topological polar surface area (TPSA) is 70.8 Å². The van der Waals surface area contributed by atoms with E-state index in [1.807, 2.05) is 61.5 Å². The number of ether oxygens (including phenoxy) is 3. The number of thioether (sulfide) groups is 1. The fourth-order valence-corrected chi connectivity index (χ4v) is 4.08. The van der Waals surface area contributed by atoms with Crippen molar-refractivity contribution in [3.63, 3.8) is 0 Å². The van der Waals surface area contributed by atoms with Crippen LogP contribution >= 0.6 is 11.8 Å². The molecule has 4 atom stereocenters. The van der Waals surface area contributed by atoms with Crippen LogP contribution in [0.3, 0.4) is 0 Å². The van der Waals surface area contributed by atoms with Crippen molar-refractivity contribution >= 4 is 11.8 Å². The van der Waals surface area contributed by atoms with Crippen LogP contribution in [0, 0.1) is 17.0 Å². The van der Waals surface area contributed by atoms with E-state index in [9.17, 15) is 10.1 Å². The monoisotopic (exact) mass is 385 g/mol. The number of nitrogens with zero attached hydrogens (tertiary/aromatic N) is 1. The van der Waals surface area contributed by atoms with Gasteiger partial charge in [-0.05, 0) is 19.1 Å². The van der Waals surface area contributed by atoms with Crippen LogP contribution in [-0.2, 0) is 14.2 Å². The van der Waals surface area contributed by atoms with Crippen LogP contribution in [0.25, 0.3) is 0 Å². The number of rotatable bonds is 4. The van der Waals surface area contributed by atoms with Gasteiger partial charge in [-0.1, -0.05) is 59.8 Å². The first-order chi connectivity index (χ1) is 13.1. The van der Waals surface area contributed by atoms with Gasteiger partial charge in [0.15, 0.2) is 12.4 Å². The quantitative estimate of drug-likeness (QED) is 0.583. The molecule has 0 amide bonds. The smallest absolute Gasteiger partial charge is 0.277 e. The molecule has 1 fully saturated rings. The minimum atomic E-state index is -0.756. The Kier molecular flexibility index (Phi) is 5.27. The third-order valence-electron chi connectivity index (χ3n) is 4.48. The number of aryl methyl sites for hydroxylation is 1. The second-order valence-electron chi connectivity index (χ2n) is 6.46. The Hall–Kier alpha value is -2.19. The van der Waals surface area contributed by atoms with E-state index < -0.39 is 23.9 Å². The Labute approximate surface area is 161 Å². The maximum absolute atomic E-state index is 11.6. The van der Waals surface area contributed by atoms with E-state index in [-0.39, 0.29) is 17.2 Å². The molecule has 7 heteroatoms. The normalized spacial score (nSPS) is 27.5. The summed E-state index contributed by atoms with van der Waals surface area (Å²) < 4.78 is 17.7. The molecule has 2 aliphatic rings. The highest BCUT2D eigenvalue weighted by Gasteiger charge is 2.45. The number of benzene rings is 2. The number of nitro groups is 1. The largest absolute Gasteiger partial charge is 0.354 e. The molecule has 6 nitrogen and oxygen atoms in total. The number of hydrogen-bond donors (Lipinski definition) is 0. The van der Waals surface area contributed by atoms with Crippen molar-refractivity contribution in [1.29, 1.82) is 0 Å². The summed E-state index contributed by atoms with van der Waals surface area (Å²) >= 11 is 1.43. The summed E-state index contributed by atoms with van der Waals surface area (Å²) in [5.74, 6) is 0. The van der Waals surface area contributed by atoms with Crippen LogP contribution in [0.4, 0.5) is 0 Å². The molecule has 1 saturated heterocycles. The van der Waals surface area contributed by atoms with Gasteiger partial charge in [0.05, 0.1) is 11.5 Å². The predicted octanol–water partition coefficient (Wildman–Crippen LogP) is 4.09. The van der Waals surface area contributed by atoms with Crippen LogP contribution < -0.4 is 0 Å². The highest BCUT2D eigenvalue weighted by molar-refractivity contribution is 8.00. The SMILES string of the molecule is Cc1ccc(S[C@H]2C=C([N+](=O)[O-])[C@@H]3OC(c4ccccc4)OC[C@H]3O2)cc1. The third kappa shape index (κ3) is 4.06. The summed E-state index contributed by atoms with van der Waals surface area (Å²) in [5, 5.41) is 11.6. The van der Waals surface area contributed by atoms with Crippen molar-refractivity contribution < 1.29 is 19.1 Å². The fraction of sp³-hybridized carbons (Fsp3) is 0.300. The molecule has 2 heterocycles. The van der Waals surface area contributed by atoms with Gasteiger partial charge in [0.1, 0.15) is 11.5 Å². The summed E-state index contributed by atoms with van der Waals surface area (Å²) in [7, 11) is 0. The summed E-state index contributed by atoms with van der Waals surface area (Å²) in [6.07, 6.45) is -0.369. The van der Waals surface area contributed by atoms with E-state index in [4.69, 9.17) is 14.2 Å². The molecule has 0 bridgehead atoms. The van der Waals surface area contributed by atoms with Gasteiger partial charge in [-0.25, -0.2) is 0 Å². The molecule has 4 rings (SSSR count). The zero-order chi connectivity index (χ0) is 18.8. The van der Waals surface area contributed by atoms with E-state index in [1.54, 1.807) is 6.08 Å². The lowest BCUT2D eigenvalue weighted by Gasteiger charge is -2.38. The van der Waals surface area contributed by atoms with Gasteiger partial charge in [0, 0.05) is 16.5 Å². The number of hydrogen-bond acceptors (Lipinski definition) is 6. The van der Waals surface area contributed by atoms with E-state index in [0.717, 1.165) is 16.0 Å². The van der Waals surface area contributed by atoms with Crippen molar-refractivity contribution in [3.8, 4) is 0 Å². The van der Waals surface area contributed by atoms with Crippen LogP contribution in [0.2, 0.25) is 0 Å². The minimum Gasteiger partial charge on any atom is -0.354 e. The predicted molar refractivity (Wildman–Crippen MR) is 101 cm³/mol. The molecule has 2 aromatic rings. The first kappa shape index (κ1) is 18.2. The average molecular weight is 385 g/mol. The van der Waals surface area contributed by atoms with Gasteiger partial charge >= 0.3 is 0 Å². The van der Waals surface area contributed by atoms with Gasteiger partial charge in [-0.3, -0.25) is 10.1 Å². The average Bonchev–Trinajstić information content (AvgIpc) is 2.69. The molecule has 0 aliphatic carbocycles. The second kappa shape index (κ2) is 7.82. The molecule has 0 N–H and O–H groups in total. The molecule has 0 spiro atoms. The van der Waals surface area contributed by atoms with E-state index in [1.165, 1.54) is 11.8 Å². The summed E-state index contributed by atoms with van der Waals surface area (Å²) in [6, 6.07) is 17.4. The molecule has 2 aromatic carbocycles. The fourth-order valence-electron chi connectivity index (χ4n) is 3.11. The van der Waals surface area contributed by atoms with Crippen molar-refractivity contribution in [3.05, 3.63) is 87.6 Å². The maximum Gasteiger partial charge on any atom is 0.277 e. The molecular weight excluding hydrogens is 366 g/mol. The van der Waals surface area contributed by atoms with Crippen LogP contribution in [-0.4, -0.2) is 29.2 Å². The lowest BCUT2D eigenvalue weighted by molar-refractivity contribution is -0.452. The van der Waals surface area contributed by atoms with Gasteiger partial charge in [-0.15, -0.1) is 0 Å². The molecule has 140 valence electrons. The van der Waals surface area contributed by atoms with Crippen molar-refractivity contribution in [2.24, 2.45) is 0 Å². The Morgan fingerprint density at radius 2 is 1.81 bits per heavy atom.